The third-order valence-electron chi connectivity index (χ3n) is 3.47. The Kier molecular flexibility index (Phi) is 3.22. The first-order chi connectivity index (χ1) is 9.54. The van der Waals surface area contributed by atoms with Crippen LogP contribution < -0.4 is 5.32 Å². The minimum atomic E-state index is -4.29. The second kappa shape index (κ2) is 4.90. The molecule has 0 atom stereocenters. The molecular formula is C15H13F3N2. The van der Waals surface area contributed by atoms with Gasteiger partial charge in [-0.3, -0.25) is 4.98 Å². The molecule has 0 aliphatic carbocycles. The number of aromatic nitrogens is 1. The predicted octanol–water partition coefficient (Wildman–Crippen LogP) is 3.41. The van der Waals surface area contributed by atoms with Crippen molar-refractivity contribution < 1.29 is 13.2 Å². The van der Waals surface area contributed by atoms with Gasteiger partial charge in [0.25, 0.3) is 0 Å². The van der Waals surface area contributed by atoms with E-state index < -0.39 is 11.7 Å². The Morgan fingerprint density at radius 1 is 1.05 bits per heavy atom. The summed E-state index contributed by atoms with van der Waals surface area (Å²) in [7, 11) is 0. The van der Waals surface area contributed by atoms with Gasteiger partial charge in [0, 0.05) is 18.3 Å². The summed E-state index contributed by atoms with van der Waals surface area (Å²) in [5.41, 5.74) is 3.18. The molecule has 0 saturated carbocycles. The van der Waals surface area contributed by atoms with Crippen molar-refractivity contribution in [3.8, 4) is 11.1 Å². The van der Waals surface area contributed by atoms with Gasteiger partial charge in [0.1, 0.15) is 0 Å². The SMILES string of the molecule is FC(F)(F)c1ccc(-c2cnc3c(c2)CCNC3)cc1. The molecule has 1 aromatic heterocycles. The summed E-state index contributed by atoms with van der Waals surface area (Å²) in [6, 6.07) is 7.22. The largest absolute Gasteiger partial charge is 0.416 e. The maximum absolute atomic E-state index is 12.5. The normalized spacial score (nSPS) is 14.9. The molecule has 1 aliphatic heterocycles. The van der Waals surface area contributed by atoms with Crippen molar-refractivity contribution in [2.24, 2.45) is 0 Å². The highest BCUT2D eigenvalue weighted by Gasteiger charge is 2.30. The molecule has 5 heteroatoms. The van der Waals surface area contributed by atoms with Gasteiger partial charge in [0.15, 0.2) is 0 Å². The van der Waals surface area contributed by atoms with E-state index in [2.05, 4.69) is 10.3 Å². The van der Waals surface area contributed by atoms with Crippen LogP contribution >= 0.6 is 0 Å². The van der Waals surface area contributed by atoms with E-state index in [1.807, 2.05) is 6.07 Å². The van der Waals surface area contributed by atoms with E-state index in [1.165, 1.54) is 17.7 Å². The molecule has 0 spiro atoms. The summed E-state index contributed by atoms with van der Waals surface area (Å²) in [5, 5.41) is 3.24. The van der Waals surface area contributed by atoms with Crippen molar-refractivity contribution >= 4 is 0 Å². The number of nitrogens with one attached hydrogen (secondary N) is 1. The quantitative estimate of drug-likeness (QED) is 0.864. The number of benzene rings is 1. The molecule has 2 heterocycles. The molecular weight excluding hydrogens is 265 g/mol. The Hall–Kier alpha value is -1.88. The predicted molar refractivity (Wildman–Crippen MR) is 70.1 cm³/mol. The van der Waals surface area contributed by atoms with Crippen molar-refractivity contribution in [1.82, 2.24) is 10.3 Å². The molecule has 104 valence electrons. The Morgan fingerprint density at radius 3 is 2.50 bits per heavy atom. The average Bonchev–Trinajstić information content (AvgIpc) is 2.46. The van der Waals surface area contributed by atoms with Gasteiger partial charge in [-0.15, -0.1) is 0 Å². The van der Waals surface area contributed by atoms with Crippen molar-refractivity contribution in [2.75, 3.05) is 6.54 Å². The van der Waals surface area contributed by atoms with Gasteiger partial charge in [-0.05, 0) is 42.3 Å². The van der Waals surface area contributed by atoms with Gasteiger partial charge in [-0.25, -0.2) is 0 Å². The van der Waals surface area contributed by atoms with Crippen molar-refractivity contribution in [3.05, 3.63) is 53.3 Å². The van der Waals surface area contributed by atoms with Gasteiger partial charge in [0.2, 0.25) is 0 Å². The molecule has 2 nitrogen and oxygen atoms in total. The summed E-state index contributed by atoms with van der Waals surface area (Å²) in [6.45, 7) is 1.66. The zero-order valence-electron chi connectivity index (χ0n) is 10.7. The first-order valence-electron chi connectivity index (χ1n) is 6.40. The third-order valence-corrected chi connectivity index (χ3v) is 3.47. The fraction of sp³-hybridized carbons (Fsp3) is 0.267. The second-order valence-corrected chi connectivity index (χ2v) is 4.83. The summed E-state index contributed by atoms with van der Waals surface area (Å²) < 4.78 is 37.6. The lowest BCUT2D eigenvalue weighted by Crippen LogP contribution is -2.24. The van der Waals surface area contributed by atoms with Crippen LogP contribution in [-0.2, 0) is 19.1 Å². The molecule has 0 saturated heterocycles. The van der Waals surface area contributed by atoms with Crippen LogP contribution in [0.5, 0.6) is 0 Å². The summed E-state index contributed by atoms with van der Waals surface area (Å²) in [4.78, 5) is 4.38. The van der Waals surface area contributed by atoms with E-state index in [9.17, 15) is 13.2 Å². The number of hydrogen-bond acceptors (Lipinski definition) is 2. The standard InChI is InChI=1S/C15H13F3N2/c16-15(17,18)13-3-1-10(2-4-13)12-7-11-5-6-19-9-14(11)20-8-12/h1-4,7-8,19H,5-6,9H2. The zero-order valence-corrected chi connectivity index (χ0v) is 10.7. The first-order valence-corrected chi connectivity index (χ1v) is 6.40. The Balaban J connectivity index is 1.93. The van der Waals surface area contributed by atoms with Crippen LogP contribution in [0.15, 0.2) is 36.5 Å². The minimum absolute atomic E-state index is 0.628. The molecule has 0 unspecified atom stereocenters. The van der Waals surface area contributed by atoms with Crippen LogP contribution in [0.1, 0.15) is 16.8 Å². The van der Waals surface area contributed by atoms with Crippen LogP contribution in [0.3, 0.4) is 0 Å². The van der Waals surface area contributed by atoms with Gasteiger partial charge in [0.05, 0.1) is 11.3 Å². The maximum Gasteiger partial charge on any atom is 0.416 e. The van der Waals surface area contributed by atoms with Crippen molar-refractivity contribution in [3.63, 3.8) is 0 Å². The molecule has 0 radical (unpaired) electrons. The number of hydrogen-bond donors (Lipinski definition) is 1. The van der Waals surface area contributed by atoms with Gasteiger partial charge in [-0.1, -0.05) is 12.1 Å². The molecule has 1 aliphatic rings. The van der Waals surface area contributed by atoms with E-state index in [1.54, 1.807) is 6.20 Å². The van der Waals surface area contributed by atoms with Crippen LogP contribution in [0, 0.1) is 0 Å². The van der Waals surface area contributed by atoms with Gasteiger partial charge < -0.3 is 5.32 Å². The number of nitrogens with zero attached hydrogens (tertiary/aromatic N) is 1. The molecule has 1 N–H and O–H groups in total. The van der Waals surface area contributed by atoms with Gasteiger partial charge in [-0.2, -0.15) is 13.2 Å². The molecule has 0 amide bonds. The monoisotopic (exact) mass is 278 g/mol. The molecule has 1 aromatic carbocycles. The number of alkyl halides is 3. The topological polar surface area (TPSA) is 24.9 Å². The van der Waals surface area contributed by atoms with Crippen molar-refractivity contribution in [2.45, 2.75) is 19.1 Å². The van der Waals surface area contributed by atoms with Crippen LogP contribution in [0.2, 0.25) is 0 Å². The number of pyridine rings is 1. The van der Waals surface area contributed by atoms with Crippen LogP contribution in [0.25, 0.3) is 11.1 Å². The van der Waals surface area contributed by atoms with E-state index in [0.717, 1.165) is 48.5 Å². The third kappa shape index (κ3) is 2.54. The summed E-state index contributed by atoms with van der Waals surface area (Å²) in [5.74, 6) is 0. The molecule has 3 rings (SSSR count). The Labute approximate surface area is 114 Å². The Bertz CT molecular complexity index is 618. The fourth-order valence-corrected chi connectivity index (χ4v) is 2.35. The smallest absolute Gasteiger partial charge is 0.311 e. The minimum Gasteiger partial charge on any atom is -0.311 e. The number of halogens is 3. The zero-order chi connectivity index (χ0) is 14.2. The number of fused-ring (bicyclic) bond motifs is 1. The second-order valence-electron chi connectivity index (χ2n) is 4.83. The molecule has 0 bridgehead atoms. The van der Waals surface area contributed by atoms with Gasteiger partial charge >= 0.3 is 6.18 Å². The lowest BCUT2D eigenvalue weighted by Gasteiger charge is -2.17. The van der Waals surface area contributed by atoms with E-state index >= 15 is 0 Å². The van der Waals surface area contributed by atoms with Crippen LogP contribution in [0.4, 0.5) is 13.2 Å². The lowest BCUT2D eigenvalue weighted by molar-refractivity contribution is -0.137. The van der Waals surface area contributed by atoms with E-state index in [0.29, 0.717) is 0 Å². The average molecular weight is 278 g/mol. The van der Waals surface area contributed by atoms with Crippen molar-refractivity contribution in [1.29, 1.82) is 0 Å². The van der Waals surface area contributed by atoms with Crippen LogP contribution in [-0.4, -0.2) is 11.5 Å². The first kappa shape index (κ1) is 13.1. The number of rotatable bonds is 1. The maximum atomic E-state index is 12.5. The highest BCUT2D eigenvalue weighted by atomic mass is 19.4. The van der Waals surface area contributed by atoms with E-state index in [4.69, 9.17) is 0 Å². The highest BCUT2D eigenvalue weighted by molar-refractivity contribution is 5.64. The molecule has 0 fully saturated rings. The highest BCUT2D eigenvalue weighted by Crippen LogP contribution is 2.31. The molecule has 20 heavy (non-hydrogen) atoms. The summed E-state index contributed by atoms with van der Waals surface area (Å²) >= 11 is 0. The fourth-order valence-electron chi connectivity index (χ4n) is 2.35. The van der Waals surface area contributed by atoms with E-state index in [-0.39, 0.29) is 0 Å². The summed E-state index contributed by atoms with van der Waals surface area (Å²) in [6.07, 6.45) is -1.68. The lowest BCUT2D eigenvalue weighted by atomic mass is 10.00. The Morgan fingerprint density at radius 2 is 1.80 bits per heavy atom. The molecule has 2 aromatic rings.